The Morgan fingerprint density at radius 3 is 2.69 bits per heavy atom. The standard InChI is InChI=1S/C32H35NO6/c1-21(2)15-17-34-23-10-12-26(28(18-23)35-19-22-8-6-5-7-9-22)32-20-36-29-24-14-16-31(3,4)37-27(24)13-11-25(29)30(32)38-33-39-32/h5-14,16,18,21,30,33H,15,17,19-20H2,1-4H3. The Labute approximate surface area is 229 Å². The summed E-state index contributed by atoms with van der Waals surface area (Å²) in [6.07, 6.45) is 4.60. The molecule has 204 valence electrons. The summed E-state index contributed by atoms with van der Waals surface area (Å²) < 4.78 is 25.1. The molecule has 1 fully saturated rings. The number of ether oxygens (including phenoxy) is 4. The van der Waals surface area contributed by atoms with Crippen LogP contribution in [0.25, 0.3) is 6.08 Å². The fourth-order valence-electron chi connectivity index (χ4n) is 5.19. The summed E-state index contributed by atoms with van der Waals surface area (Å²) in [5, 5.41) is 0. The first-order valence-corrected chi connectivity index (χ1v) is 13.6. The molecule has 0 saturated carbocycles. The Kier molecular flexibility index (Phi) is 6.75. The molecule has 0 bridgehead atoms. The van der Waals surface area contributed by atoms with Crippen molar-refractivity contribution in [1.29, 1.82) is 0 Å². The molecule has 6 rings (SSSR count). The van der Waals surface area contributed by atoms with Gasteiger partial charge in [-0.1, -0.05) is 49.8 Å². The van der Waals surface area contributed by atoms with Gasteiger partial charge in [0.05, 0.1) is 12.2 Å². The molecule has 1 N–H and O–H groups in total. The molecule has 0 spiro atoms. The third-order valence-corrected chi connectivity index (χ3v) is 7.35. The second kappa shape index (κ2) is 10.2. The second-order valence-electron chi connectivity index (χ2n) is 11.3. The van der Waals surface area contributed by atoms with Crippen molar-refractivity contribution in [2.45, 2.75) is 58.0 Å². The fourth-order valence-corrected chi connectivity index (χ4v) is 5.19. The first kappa shape index (κ1) is 25.7. The van der Waals surface area contributed by atoms with Crippen LogP contribution in [0, 0.1) is 5.92 Å². The number of fused-ring (bicyclic) bond motifs is 5. The molecule has 2 unspecified atom stereocenters. The van der Waals surface area contributed by atoms with Gasteiger partial charge in [0.15, 0.2) is 5.60 Å². The average Bonchev–Trinajstić information content (AvgIpc) is 3.37. The SMILES string of the molecule is CC(C)CCOc1ccc(C23COc4c(ccc5c4C=CC(C)(C)O5)C2ONO3)c(OCc2ccccc2)c1. The van der Waals surface area contributed by atoms with Crippen LogP contribution in [0.1, 0.15) is 62.5 Å². The van der Waals surface area contributed by atoms with Crippen LogP contribution < -0.4 is 24.6 Å². The lowest BCUT2D eigenvalue weighted by molar-refractivity contribution is -0.127. The summed E-state index contributed by atoms with van der Waals surface area (Å²) in [7, 11) is 0. The van der Waals surface area contributed by atoms with Crippen LogP contribution in [0.3, 0.4) is 0 Å². The summed E-state index contributed by atoms with van der Waals surface area (Å²) in [6.45, 7) is 9.70. The van der Waals surface area contributed by atoms with Crippen LogP contribution in [0.5, 0.6) is 23.0 Å². The summed E-state index contributed by atoms with van der Waals surface area (Å²) >= 11 is 0. The third-order valence-electron chi connectivity index (χ3n) is 7.35. The van der Waals surface area contributed by atoms with E-state index in [0.29, 0.717) is 24.9 Å². The van der Waals surface area contributed by atoms with E-state index in [1.807, 2.05) is 80.6 Å². The van der Waals surface area contributed by atoms with Gasteiger partial charge in [0.1, 0.15) is 47.9 Å². The van der Waals surface area contributed by atoms with Gasteiger partial charge < -0.3 is 18.9 Å². The van der Waals surface area contributed by atoms with Gasteiger partial charge in [-0.15, -0.1) is 0 Å². The maximum absolute atomic E-state index is 6.44. The maximum atomic E-state index is 6.44. The number of hydrogen-bond donors (Lipinski definition) is 1. The largest absolute Gasteiger partial charge is 0.493 e. The van der Waals surface area contributed by atoms with E-state index in [1.54, 1.807) is 0 Å². The highest BCUT2D eigenvalue weighted by atomic mass is 17.0. The van der Waals surface area contributed by atoms with Gasteiger partial charge in [-0.3, -0.25) is 9.68 Å². The van der Waals surface area contributed by atoms with Crippen molar-refractivity contribution in [3.05, 3.63) is 89.0 Å². The predicted molar refractivity (Wildman–Crippen MR) is 148 cm³/mol. The van der Waals surface area contributed by atoms with Crippen molar-refractivity contribution in [2.24, 2.45) is 5.92 Å². The van der Waals surface area contributed by atoms with E-state index in [9.17, 15) is 0 Å². The van der Waals surface area contributed by atoms with Crippen LogP contribution in [0.2, 0.25) is 0 Å². The molecule has 3 aromatic carbocycles. The Morgan fingerprint density at radius 2 is 1.87 bits per heavy atom. The lowest BCUT2D eigenvalue weighted by atomic mass is 9.81. The number of nitrogens with one attached hydrogen (secondary N) is 1. The topological polar surface area (TPSA) is 67.4 Å². The predicted octanol–water partition coefficient (Wildman–Crippen LogP) is 6.67. The molecular formula is C32H35NO6. The van der Waals surface area contributed by atoms with Crippen molar-refractivity contribution >= 4 is 6.08 Å². The first-order chi connectivity index (χ1) is 18.8. The highest BCUT2D eigenvalue weighted by molar-refractivity contribution is 5.70. The van der Waals surface area contributed by atoms with E-state index in [0.717, 1.165) is 45.9 Å². The lowest BCUT2D eigenvalue weighted by Crippen LogP contribution is -2.42. The van der Waals surface area contributed by atoms with E-state index < -0.39 is 11.7 Å². The van der Waals surface area contributed by atoms with Crippen molar-refractivity contribution in [1.82, 2.24) is 5.64 Å². The van der Waals surface area contributed by atoms with Crippen LogP contribution in [0.4, 0.5) is 0 Å². The molecular weight excluding hydrogens is 494 g/mol. The molecule has 39 heavy (non-hydrogen) atoms. The Bertz CT molecular complexity index is 1370. The van der Waals surface area contributed by atoms with Gasteiger partial charge in [-0.2, -0.15) is 0 Å². The van der Waals surface area contributed by atoms with Gasteiger partial charge in [-0.05, 0) is 68.2 Å². The summed E-state index contributed by atoms with van der Waals surface area (Å²) in [4.78, 5) is 12.2. The van der Waals surface area contributed by atoms with Gasteiger partial charge in [0.2, 0.25) is 0 Å². The van der Waals surface area contributed by atoms with E-state index in [2.05, 4.69) is 25.6 Å². The maximum Gasteiger partial charge on any atom is 0.187 e. The molecule has 3 heterocycles. The molecule has 3 aliphatic rings. The molecule has 3 aromatic rings. The van der Waals surface area contributed by atoms with E-state index >= 15 is 0 Å². The molecule has 1 saturated heterocycles. The molecule has 3 aliphatic heterocycles. The van der Waals surface area contributed by atoms with Crippen molar-refractivity contribution < 1.29 is 28.6 Å². The van der Waals surface area contributed by atoms with Crippen LogP contribution in [-0.2, 0) is 21.9 Å². The highest BCUT2D eigenvalue weighted by Crippen LogP contribution is 2.55. The van der Waals surface area contributed by atoms with Gasteiger partial charge in [-0.25, -0.2) is 0 Å². The zero-order chi connectivity index (χ0) is 27.0. The van der Waals surface area contributed by atoms with Crippen LogP contribution >= 0.6 is 0 Å². The van der Waals surface area contributed by atoms with E-state index in [-0.39, 0.29) is 12.2 Å². The smallest absolute Gasteiger partial charge is 0.187 e. The van der Waals surface area contributed by atoms with Crippen molar-refractivity contribution in [3.8, 4) is 23.0 Å². The number of hydrogen-bond acceptors (Lipinski definition) is 7. The Hall–Kier alpha value is -3.52. The molecule has 7 heteroatoms. The molecule has 0 aromatic heterocycles. The molecule has 0 aliphatic carbocycles. The van der Waals surface area contributed by atoms with Crippen LogP contribution in [0.15, 0.2) is 66.7 Å². The Balaban J connectivity index is 1.36. The van der Waals surface area contributed by atoms with Crippen molar-refractivity contribution in [3.63, 3.8) is 0 Å². The summed E-state index contributed by atoms with van der Waals surface area (Å²) in [5.74, 6) is 3.50. The first-order valence-electron chi connectivity index (χ1n) is 13.6. The fraction of sp³-hybridized carbons (Fsp3) is 0.375. The average molecular weight is 530 g/mol. The van der Waals surface area contributed by atoms with Gasteiger partial charge in [0, 0.05) is 17.2 Å². The molecule has 7 nitrogen and oxygen atoms in total. The molecule has 0 amide bonds. The van der Waals surface area contributed by atoms with Crippen LogP contribution in [-0.4, -0.2) is 18.8 Å². The molecule has 2 atom stereocenters. The third kappa shape index (κ3) is 4.98. The van der Waals surface area contributed by atoms with E-state index in [1.165, 1.54) is 0 Å². The van der Waals surface area contributed by atoms with Gasteiger partial charge >= 0.3 is 0 Å². The quantitative estimate of drug-likeness (QED) is 0.350. The van der Waals surface area contributed by atoms with Gasteiger partial charge in [0.25, 0.3) is 0 Å². The Morgan fingerprint density at radius 1 is 1.03 bits per heavy atom. The molecule has 0 radical (unpaired) electrons. The number of rotatable bonds is 8. The monoisotopic (exact) mass is 529 g/mol. The minimum absolute atomic E-state index is 0.223. The zero-order valence-electron chi connectivity index (χ0n) is 22.9. The number of benzene rings is 3. The minimum atomic E-state index is -0.970. The van der Waals surface area contributed by atoms with Crippen molar-refractivity contribution in [2.75, 3.05) is 13.2 Å². The van der Waals surface area contributed by atoms with E-state index in [4.69, 9.17) is 28.6 Å². The second-order valence-corrected chi connectivity index (χ2v) is 11.3. The normalized spacial score (nSPS) is 22.3. The minimum Gasteiger partial charge on any atom is -0.493 e. The summed E-state index contributed by atoms with van der Waals surface area (Å²) in [6, 6.07) is 19.9. The highest BCUT2D eigenvalue weighted by Gasteiger charge is 2.55. The summed E-state index contributed by atoms with van der Waals surface area (Å²) in [5.41, 5.74) is 5.01. The lowest BCUT2D eigenvalue weighted by Gasteiger charge is -2.38. The zero-order valence-corrected chi connectivity index (χ0v) is 22.9.